The van der Waals surface area contributed by atoms with Crippen molar-refractivity contribution in [1.82, 2.24) is 24.9 Å². The van der Waals surface area contributed by atoms with Crippen LogP contribution in [0.1, 0.15) is 40.5 Å². The summed E-state index contributed by atoms with van der Waals surface area (Å²) >= 11 is 0. The van der Waals surface area contributed by atoms with Crippen LogP contribution in [0.25, 0.3) is 5.69 Å². The van der Waals surface area contributed by atoms with Crippen LogP contribution in [0.4, 0.5) is 5.82 Å². The molecule has 0 unspecified atom stereocenters. The Hall–Kier alpha value is -3.26. The molecule has 1 fully saturated rings. The van der Waals surface area contributed by atoms with Crippen LogP contribution in [0, 0.1) is 13.8 Å². The number of amides is 1. The Labute approximate surface area is 182 Å². The van der Waals surface area contributed by atoms with E-state index >= 15 is 0 Å². The van der Waals surface area contributed by atoms with Gasteiger partial charge >= 0.3 is 0 Å². The SMILES string of the molecule is Cc1ccc(-n2nccn2)c(C(=O)N2CCN(c3ccc(CO)c(C)n3)CC[C@H]2C)c1. The summed E-state index contributed by atoms with van der Waals surface area (Å²) in [5.74, 6) is 0.873. The van der Waals surface area contributed by atoms with Crippen LogP contribution >= 0.6 is 0 Å². The minimum Gasteiger partial charge on any atom is -0.392 e. The fourth-order valence-electron chi connectivity index (χ4n) is 4.00. The van der Waals surface area contributed by atoms with E-state index < -0.39 is 0 Å². The number of rotatable bonds is 4. The number of nitrogens with zero attached hydrogens (tertiary/aromatic N) is 6. The number of carbonyl (C=O) groups excluding carboxylic acids is 1. The van der Waals surface area contributed by atoms with Gasteiger partial charge in [-0.25, -0.2) is 4.98 Å². The molecule has 8 nitrogen and oxygen atoms in total. The maximum Gasteiger partial charge on any atom is 0.256 e. The molecule has 2 aromatic heterocycles. The van der Waals surface area contributed by atoms with Crippen LogP contribution in [0.2, 0.25) is 0 Å². The average Bonchev–Trinajstić information content (AvgIpc) is 3.23. The second-order valence-electron chi connectivity index (χ2n) is 8.03. The van der Waals surface area contributed by atoms with Gasteiger partial charge in [-0.2, -0.15) is 15.0 Å². The zero-order valence-corrected chi connectivity index (χ0v) is 18.2. The number of carbonyl (C=O) groups is 1. The topological polar surface area (TPSA) is 87.4 Å². The number of aryl methyl sites for hydroxylation is 2. The fraction of sp³-hybridized carbons (Fsp3) is 0.391. The molecule has 1 aliphatic rings. The highest BCUT2D eigenvalue weighted by Crippen LogP contribution is 2.23. The summed E-state index contributed by atoms with van der Waals surface area (Å²) in [5, 5.41) is 17.8. The number of hydrogen-bond acceptors (Lipinski definition) is 6. The van der Waals surface area contributed by atoms with E-state index in [-0.39, 0.29) is 18.6 Å². The minimum absolute atomic E-state index is 0.00915. The second-order valence-corrected chi connectivity index (χ2v) is 8.03. The molecule has 3 heterocycles. The molecule has 0 radical (unpaired) electrons. The molecule has 3 aromatic rings. The Morgan fingerprint density at radius 3 is 2.58 bits per heavy atom. The molecule has 0 bridgehead atoms. The number of pyridine rings is 1. The first-order valence-electron chi connectivity index (χ1n) is 10.6. The van der Waals surface area contributed by atoms with E-state index in [9.17, 15) is 9.90 Å². The molecule has 1 N–H and O–H groups in total. The number of anilines is 1. The molecule has 1 saturated heterocycles. The second kappa shape index (κ2) is 8.85. The minimum atomic E-state index is -0.0115. The molecule has 31 heavy (non-hydrogen) atoms. The highest BCUT2D eigenvalue weighted by molar-refractivity contribution is 5.98. The fourth-order valence-corrected chi connectivity index (χ4v) is 4.00. The van der Waals surface area contributed by atoms with Gasteiger partial charge in [0.25, 0.3) is 5.91 Å². The predicted molar refractivity (Wildman–Crippen MR) is 118 cm³/mol. The van der Waals surface area contributed by atoms with Gasteiger partial charge in [-0.05, 0) is 51.0 Å². The molecule has 8 heteroatoms. The van der Waals surface area contributed by atoms with Crippen molar-refractivity contribution in [2.75, 3.05) is 24.5 Å². The standard InChI is InChI=1S/C23H28N6O2/c1-16-4-6-21(29-24-9-10-25-29)20(14-16)23(31)28-13-12-27(11-8-17(28)2)22-7-5-19(15-30)18(3)26-22/h4-7,9-10,14,17,30H,8,11-13,15H2,1-3H3/t17-/m1/s1. The first kappa shape index (κ1) is 21.0. The van der Waals surface area contributed by atoms with Crippen LogP contribution in [0.5, 0.6) is 0 Å². The quantitative estimate of drug-likeness (QED) is 0.698. The predicted octanol–water partition coefficient (Wildman–Crippen LogP) is 2.51. The molecule has 162 valence electrons. The van der Waals surface area contributed by atoms with Gasteiger partial charge in [0, 0.05) is 31.4 Å². The molecule has 0 spiro atoms. The van der Waals surface area contributed by atoms with Gasteiger partial charge in [-0.1, -0.05) is 17.7 Å². The van der Waals surface area contributed by atoms with Crippen molar-refractivity contribution in [3.8, 4) is 5.69 Å². The lowest BCUT2D eigenvalue weighted by Gasteiger charge is -2.27. The van der Waals surface area contributed by atoms with Crippen LogP contribution in [0.3, 0.4) is 0 Å². The summed E-state index contributed by atoms with van der Waals surface area (Å²) in [6, 6.07) is 9.73. The molecular weight excluding hydrogens is 392 g/mol. The monoisotopic (exact) mass is 420 g/mol. The maximum atomic E-state index is 13.6. The third kappa shape index (κ3) is 4.29. The molecule has 4 rings (SSSR count). The van der Waals surface area contributed by atoms with Crippen LogP contribution in [-0.2, 0) is 6.61 Å². The van der Waals surface area contributed by atoms with Crippen molar-refractivity contribution in [2.24, 2.45) is 0 Å². The molecule has 1 aliphatic heterocycles. The van der Waals surface area contributed by atoms with Gasteiger partial charge < -0.3 is 14.9 Å². The summed E-state index contributed by atoms with van der Waals surface area (Å²) in [6.45, 7) is 8.09. The van der Waals surface area contributed by atoms with Gasteiger partial charge in [0.15, 0.2) is 0 Å². The van der Waals surface area contributed by atoms with Crippen molar-refractivity contribution in [1.29, 1.82) is 0 Å². The van der Waals surface area contributed by atoms with Crippen molar-refractivity contribution < 1.29 is 9.90 Å². The van der Waals surface area contributed by atoms with Gasteiger partial charge in [-0.15, -0.1) is 0 Å². The summed E-state index contributed by atoms with van der Waals surface area (Å²) in [4.78, 5) is 23.9. The molecule has 0 saturated carbocycles. The number of aliphatic hydroxyl groups is 1. The van der Waals surface area contributed by atoms with Gasteiger partial charge in [0.05, 0.1) is 30.3 Å². The smallest absolute Gasteiger partial charge is 0.256 e. The first-order chi connectivity index (χ1) is 15.0. The van der Waals surface area contributed by atoms with Gasteiger partial charge in [-0.3, -0.25) is 4.79 Å². The van der Waals surface area contributed by atoms with Crippen molar-refractivity contribution >= 4 is 11.7 Å². The van der Waals surface area contributed by atoms with E-state index in [0.29, 0.717) is 24.3 Å². The Kier molecular flexibility index (Phi) is 5.99. The van der Waals surface area contributed by atoms with Crippen molar-refractivity contribution in [3.63, 3.8) is 0 Å². The lowest BCUT2D eigenvalue weighted by molar-refractivity contribution is 0.0704. The molecule has 1 aromatic carbocycles. The number of aromatic nitrogens is 4. The van der Waals surface area contributed by atoms with Gasteiger partial charge in [0.2, 0.25) is 0 Å². The number of aliphatic hydroxyl groups excluding tert-OH is 1. The number of benzene rings is 1. The van der Waals surface area contributed by atoms with Crippen LogP contribution < -0.4 is 4.90 Å². The van der Waals surface area contributed by atoms with Crippen LogP contribution in [0.15, 0.2) is 42.7 Å². The Balaban J connectivity index is 1.58. The molecule has 0 aliphatic carbocycles. The average molecular weight is 421 g/mol. The van der Waals surface area contributed by atoms with E-state index in [1.54, 1.807) is 12.4 Å². The maximum absolute atomic E-state index is 13.6. The molecule has 1 atom stereocenters. The highest BCUT2D eigenvalue weighted by atomic mass is 16.3. The van der Waals surface area contributed by atoms with E-state index in [4.69, 9.17) is 0 Å². The van der Waals surface area contributed by atoms with Crippen molar-refractivity contribution in [3.05, 3.63) is 65.1 Å². The highest BCUT2D eigenvalue weighted by Gasteiger charge is 2.28. The van der Waals surface area contributed by atoms with E-state index in [1.165, 1.54) is 4.80 Å². The summed E-state index contributed by atoms with van der Waals surface area (Å²) in [5.41, 5.74) is 3.99. The Bertz CT molecular complexity index is 1070. The van der Waals surface area contributed by atoms with E-state index in [1.807, 2.05) is 49.1 Å². The first-order valence-corrected chi connectivity index (χ1v) is 10.6. The largest absolute Gasteiger partial charge is 0.392 e. The van der Waals surface area contributed by atoms with Crippen molar-refractivity contribution in [2.45, 2.75) is 39.8 Å². The Morgan fingerprint density at radius 2 is 1.87 bits per heavy atom. The third-order valence-corrected chi connectivity index (χ3v) is 5.91. The lowest BCUT2D eigenvalue weighted by Crippen LogP contribution is -2.40. The summed E-state index contributed by atoms with van der Waals surface area (Å²) in [7, 11) is 0. The van der Waals surface area contributed by atoms with Crippen LogP contribution in [-0.4, -0.2) is 61.6 Å². The zero-order valence-electron chi connectivity index (χ0n) is 18.2. The number of hydrogen-bond donors (Lipinski definition) is 1. The molecular formula is C23H28N6O2. The van der Waals surface area contributed by atoms with Gasteiger partial charge in [0.1, 0.15) is 5.82 Å². The summed E-state index contributed by atoms with van der Waals surface area (Å²) < 4.78 is 0. The molecule has 1 amide bonds. The van der Waals surface area contributed by atoms with E-state index in [2.05, 4.69) is 27.0 Å². The normalized spacial score (nSPS) is 17.0. The zero-order chi connectivity index (χ0) is 22.0. The third-order valence-electron chi connectivity index (χ3n) is 5.91. The summed E-state index contributed by atoms with van der Waals surface area (Å²) in [6.07, 6.45) is 4.06. The van der Waals surface area contributed by atoms with E-state index in [0.717, 1.165) is 35.6 Å². The Morgan fingerprint density at radius 1 is 1.10 bits per heavy atom. The lowest BCUT2D eigenvalue weighted by atomic mass is 10.1.